The van der Waals surface area contributed by atoms with Crippen molar-refractivity contribution >= 4 is 17.0 Å². The predicted molar refractivity (Wildman–Crippen MR) is 70.4 cm³/mol. The van der Waals surface area contributed by atoms with Crippen LogP contribution in [0.3, 0.4) is 0 Å². The van der Waals surface area contributed by atoms with Crippen LogP contribution in [0.1, 0.15) is 23.4 Å². The summed E-state index contributed by atoms with van der Waals surface area (Å²) in [7, 11) is 0. The van der Waals surface area contributed by atoms with E-state index in [4.69, 9.17) is 5.73 Å². The number of hydrogen-bond donors (Lipinski definition) is 2. The van der Waals surface area contributed by atoms with Crippen molar-refractivity contribution in [3.63, 3.8) is 0 Å². The molecule has 1 aromatic heterocycles. The highest BCUT2D eigenvalue weighted by atomic mass is 32.1. The fourth-order valence-corrected chi connectivity index (χ4v) is 2.38. The second-order valence-corrected chi connectivity index (χ2v) is 4.96. The smallest absolute Gasteiger partial charge is 0.123 e. The third kappa shape index (κ3) is 3.05. The van der Waals surface area contributed by atoms with Gasteiger partial charge < -0.3 is 11.1 Å². The number of nitrogens with two attached hydrogens (primary N) is 1. The van der Waals surface area contributed by atoms with Gasteiger partial charge in [-0.2, -0.15) is 0 Å². The van der Waals surface area contributed by atoms with E-state index in [2.05, 4.69) is 5.32 Å². The SMILES string of the molecule is C[C@H](NCc1sccc1N)c1cccc(F)c1. The van der Waals surface area contributed by atoms with Gasteiger partial charge in [0.15, 0.2) is 0 Å². The van der Waals surface area contributed by atoms with Crippen molar-refractivity contribution in [2.75, 3.05) is 5.73 Å². The van der Waals surface area contributed by atoms with Gasteiger partial charge in [0.2, 0.25) is 0 Å². The molecule has 0 radical (unpaired) electrons. The second kappa shape index (κ2) is 5.29. The molecule has 2 nitrogen and oxygen atoms in total. The van der Waals surface area contributed by atoms with Crippen LogP contribution < -0.4 is 11.1 Å². The Morgan fingerprint density at radius 2 is 2.24 bits per heavy atom. The Labute approximate surface area is 104 Å². The molecule has 1 atom stereocenters. The molecule has 0 aliphatic rings. The van der Waals surface area contributed by atoms with Crippen LogP contribution in [0.25, 0.3) is 0 Å². The molecule has 1 heterocycles. The van der Waals surface area contributed by atoms with Crippen molar-refractivity contribution < 1.29 is 4.39 Å². The Balaban J connectivity index is 1.98. The van der Waals surface area contributed by atoms with Crippen molar-refractivity contribution in [2.24, 2.45) is 0 Å². The normalized spacial score (nSPS) is 12.6. The fourth-order valence-electron chi connectivity index (χ4n) is 1.63. The molecule has 0 fully saturated rings. The van der Waals surface area contributed by atoms with Crippen molar-refractivity contribution in [3.05, 3.63) is 52.0 Å². The van der Waals surface area contributed by atoms with Crippen LogP contribution in [0.5, 0.6) is 0 Å². The molecule has 0 bridgehead atoms. The molecule has 1 aromatic carbocycles. The Bertz CT molecular complexity index is 496. The van der Waals surface area contributed by atoms with E-state index >= 15 is 0 Å². The Morgan fingerprint density at radius 1 is 1.41 bits per heavy atom. The second-order valence-electron chi connectivity index (χ2n) is 3.96. The molecule has 0 unspecified atom stereocenters. The average molecular weight is 250 g/mol. The molecule has 17 heavy (non-hydrogen) atoms. The summed E-state index contributed by atoms with van der Waals surface area (Å²) in [5.74, 6) is -0.202. The van der Waals surface area contributed by atoms with Crippen molar-refractivity contribution in [2.45, 2.75) is 19.5 Å². The van der Waals surface area contributed by atoms with Crippen LogP contribution in [0, 0.1) is 5.82 Å². The van der Waals surface area contributed by atoms with Gasteiger partial charge in [0, 0.05) is 23.2 Å². The van der Waals surface area contributed by atoms with Gasteiger partial charge in [0.05, 0.1) is 0 Å². The van der Waals surface area contributed by atoms with Crippen LogP contribution in [-0.4, -0.2) is 0 Å². The van der Waals surface area contributed by atoms with Crippen LogP contribution in [0.2, 0.25) is 0 Å². The average Bonchev–Trinajstić information content (AvgIpc) is 2.72. The third-order valence-electron chi connectivity index (χ3n) is 2.70. The lowest BCUT2D eigenvalue weighted by molar-refractivity contribution is 0.569. The van der Waals surface area contributed by atoms with Gasteiger partial charge in [-0.3, -0.25) is 0 Å². The number of nitrogens with one attached hydrogen (secondary N) is 1. The largest absolute Gasteiger partial charge is 0.398 e. The number of hydrogen-bond acceptors (Lipinski definition) is 3. The zero-order chi connectivity index (χ0) is 12.3. The topological polar surface area (TPSA) is 38.0 Å². The standard InChI is InChI=1S/C13H15FN2S/c1-9(10-3-2-4-11(14)7-10)16-8-13-12(15)5-6-17-13/h2-7,9,16H,8,15H2,1H3/t9-/m0/s1. The summed E-state index contributed by atoms with van der Waals surface area (Å²) in [5, 5.41) is 5.30. The molecule has 3 N–H and O–H groups in total. The molecular formula is C13H15FN2S. The van der Waals surface area contributed by atoms with E-state index in [0.29, 0.717) is 6.54 Å². The molecule has 0 aliphatic heterocycles. The first-order valence-corrected chi connectivity index (χ1v) is 6.35. The van der Waals surface area contributed by atoms with Crippen LogP contribution in [0.15, 0.2) is 35.7 Å². The summed E-state index contributed by atoms with van der Waals surface area (Å²) in [6, 6.07) is 8.64. The van der Waals surface area contributed by atoms with Gasteiger partial charge in [-0.1, -0.05) is 12.1 Å². The zero-order valence-electron chi connectivity index (χ0n) is 9.61. The third-order valence-corrected chi connectivity index (χ3v) is 3.63. The molecular weight excluding hydrogens is 235 g/mol. The van der Waals surface area contributed by atoms with E-state index in [1.165, 1.54) is 6.07 Å². The first kappa shape index (κ1) is 12.1. The summed E-state index contributed by atoms with van der Waals surface area (Å²) in [4.78, 5) is 1.12. The maximum atomic E-state index is 13.1. The van der Waals surface area contributed by atoms with E-state index in [-0.39, 0.29) is 11.9 Å². The molecule has 0 saturated carbocycles. The number of halogens is 1. The van der Waals surface area contributed by atoms with Gasteiger partial charge in [-0.15, -0.1) is 11.3 Å². The van der Waals surface area contributed by atoms with Gasteiger partial charge in [-0.05, 0) is 36.1 Å². The summed E-state index contributed by atoms with van der Waals surface area (Å²) < 4.78 is 13.1. The lowest BCUT2D eigenvalue weighted by Gasteiger charge is -2.14. The van der Waals surface area contributed by atoms with Crippen LogP contribution >= 0.6 is 11.3 Å². The number of benzene rings is 1. The van der Waals surface area contributed by atoms with Gasteiger partial charge >= 0.3 is 0 Å². The molecule has 2 aromatic rings. The first-order chi connectivity index (χ1) is 8.16. The quantitative estimate of drug-likeness (QED) is 0.873. The highest BCUT2D eigenvalue weighted by molar-refractivity contribution is 7.10. The van der Waals surface area contributed by atoms with Gasteiger partial charge in [-0.25, -0.2) is 4.39 Å². The van der Waals surface area contributed by atoms with Crippen molar-refractivity contribution in [1.82, 2.24) is 5.32 Å². The maximum absolute atomic E-state index is 13.1. The Kier molecular flexibility index (Phi) is 3.76. The van der Waals surface area contributed by atoms with Crippen molar-refractivity contribution in [3.8, 4) is 0 Å². The van der Waals surface area contributed by atoms with E-state index in [1.54, 1.807) is 23.5 Å². The first-order valence-electron chi connectivity index (χ1n) is 5.47. The van der Waals surface area contributed by atoms with Crippen LogP contribution in [0.4, 0.5) is 10.1 Å². The summed E-state index contributed by atoms with van der Waals surface area (Å²) in [6.45, 7) is 2.72. The number of thiophene rings is 1. The van der Waals surface area contributed by atoms with Crippen molar-refractivity contribution in [1.29, 1.82) is 0 Å². The molecule has 0 saturated heterocycles. The lowest BCUT2D eigenvalue weighted by Crippen LogP contribution is -2.18. The fraction of sp³-hybridized carbons (Fsp3) is 0.231. The summed E-state index contributed by atoms with van der Waals surface area (Å²) >= 11 is 1.63. The van der Waals surface area contributed by atoms with Gasteiger partial charge in [0.1, 0.15) is 5.82 Å². The minimum absolute atomic E-state index is 0.104. The monoisotopic (exact) mass is 250 g/mol. The number of rotatable bonds is 4. The number of nitrogen functional groups attached to an aromatic ring is 1. The molecule has 0 amide bonds. The predicted octanol–water partition coefficient (Wildman–Crippen LogP) is 3.32. The van der Waals surface area contributed by atoms with E-state index in [1.807, 2.05) is 24.4 Å². The maximum Gasteiger partial charge on any atom is 0.123 e. The van der Waals surface area contributed by atoms with E-state index < -0.39 is 0 Å². The van der Waals surface area contributed by atoms with E-state index in [0.717, 1.165) is 16.1 Å². The molecule has 2 rings (SSSR count). The molecule has 0 aliphatic carbocycles. The Morgan fingerprint density at radius 3 is 2.88 bits per heavy atom. The lowest BCUT2D eigenvalue weighted by atomic mass is 10.1. The highest BCUT2D eigenvalue weighted by Crippen LogP contribution is 2.20. The van der Waals surface area contributed by atoms with Gasteiger partial charge in [0.25, 0.3) is 0 Å². The number of anilines is 1. The summed E-state index contributed by atoms with van der Waals surface area (Å²) in [6.07, 6.45) is 0. The molecule has 90 valence electrons. The highest BCUT2D eigenvalue weighted by Gasteiger charge is 2.07. The molecule has 4 heteroatoms. The zero-order valence-corrected chi connectivity index (χ0v) is 10.4. The van der Waals surface area contributed by atoms with Crippen LogP contribution in [-0.2, 0) is 6.54 Å². The Hall–Kier alpha value is -1.39. The molecule has 0 spiro atoms. The minimum Gasteiger partial charge on any atom is -0.398 e. The van der Waals surface area contributed by atoms with E-state index in [9.17, 15) is 4.39 Å². The minimum atomic E-state index is -0.202. The summed E-state index contributed by atoms with van der Waals surface area (Å²) in [5.41, 5.74) is 7.56.